The fraction of sp³-hybridized carbons (Fsp3) is 0.227. The van der Waals surface area contributed by atoms with Crippen molar-refractivity contribution in [2.45, 2.75) is 19.4 Å². The molecule has 0 aromatic heterocycles. The second-order valence-electron chi connectivity index (χ2n) is 5.89. The fourth-order valence-electron chi connectivity index (χ4n) is 2.42. The number of hydrogen-bond acceptors (Lipinski definition) is 3. The fourth-order valence-corrected chi connectivity index (χ4v) is 2.96. The number of carbonyl (C=O) groups is 1. The number of carboxylic acid groups (broad SMARTS) is 1. The van der Waals surface area contributed by atoms with Crippen LogP contribution in [0.4, 0.5) is 8.78 Å². The summed E-state index contributed by atoms with van der Waals surface area (Å²) < 4.78 is 37.7. The molecule has 2 aromatic carbocycles. The van der Waals surface area contributed by atoms with E-state index < -0.39 is 23.7 Å². The second kappa shape index (κ2) is 11.3. The Kier molecular flexibility index (Phi) is 8.84. The number of allylic oxidation sites excluding steroid dienone is 1. The summed E-state index contributed by atoms with van der Waals surface area (Å²) in [4.78, 5) is 11.2. The van der Waals surface area contributed by atoms with Gasteiger partial charge in [0.1, 0.15) is 24.0 Å². The Morgan fingerprint density at radius 3 is 2.59 bits per heavy atom. The molecule has 0 fully saturated rings. The van der Waals surface area contributed by atoms with Crippen LogP contribution in [0.5, 0.6) is 5.75 Å². The summed E-state index contributed by atoms with van der Waals surface area (Å²) in [5.74, 6) is 3.56. The summed E-state index contributed by atoms with van der Waals surface area (Å²) in [6.45, 7) is 2.31. The van der Waals surface area contributed by atoms with E-state index >= 15 is 0 Å². The highest BCUT2D eigenvalue weighted by atomic mass is 79.9. The second-order valence-corrected chi connectivity index (χ2v) is 6.75. The van der Waals surface area contributed by atoms with Gasteiger partial charge >= 0.3 is 5.97 Å². The van der Waals surface area contributed by atoms with Crippen molar-refractivity contribution in [1.82, 2.24) is 0 Å². The highest BCUT2D eigenvalue weighted by Gasteiger charge is 2.18. The molecule has 0 aliphatic rings. The van der Waals surface area contributed by atoms with Crippen LogP contribution >= 0.6 is 15.9 Å². The van der Waals surface area contributed by atoms with Crippen LogP contribution in [0.2, 0.25) is 0 Å². The number of benzene rings is 2. The van der Waals surface area contributed by atoms with Gasteiger partial charge in [-0.3, -0.25) is 0 Å². The van der Waals surface area contributed by atoms with Crippen LogP contribution in [0.25, 0.3) is 0 Å². The minimum atomic E-state index is -1.00. The van der Waals surface area contributed by atoms with Gasteiger partial charge in [-0.1, -0.05) is 17.9 Å². The third-order valence-corrected chi connectivity index (χ3v) is 4.30. The summed E-state index contributed by atoms with van der Waals surface area (Å²) in [5.41, 5.74) is 1.05. The van der Waals surface area contributed by atoms with Gasteiger partial charge in [0, 0.05) is 24.7 Å². The summed E-state index contributed by atoms with van der Waals surface area (Å²) in [5, 5.41) is 9.16. The largest absolute Gasteiger partial charge is 0.488 e. The van der Waals surface area contributed by atoms with Crippen LogP contribution in [0.15, 0.2) is 53.0 Å². The van der Waals surface area contributed by atoms with Gasteiger partial charge in [0.2, 0.25) is 0 Å². The van der Waals surface area contributed by atoms with Crippen molar-refractivity contribution in [2.75, 3.05) is 13.2 Å². The van der Waals surface area contributed by atoms with Gasteiger partial charge in [-0.2, -0.15) is 0 Å². The lowest BCUT2D eigenvalue weighted by Gasteiger charge is -2.13. The number of carboxylic acids is 1. The van der Waals surface area contributed by atoms with Gasteiger partial charge in [-0.25, -0.2) is 13.6 Å². The van der Waals surface area contributed by atoms with Crippen LogP contribution in [0, 0.1) is 23.5 Å². The Balaban J connectivity index is 1.90. The normalized spacial score (nSPS) is 11.7. The van der Waals surface area contributed by atoms with Crippen LogP contribution in [-0.2, 0) is 16.0 Å². The smallest absolute Gasteiger partial charge is 0.333 e. The molecule has 0 radical (unpaired) electrons. The first-order chi connectivity index (χ1) is 13.9. The Hall–Kier alpha value is -2.69. The molecule has 1 N–H and O–H groups in total. The highest BCUT2D eigenvalue weighted by Crippen LogP contribution is 2.26. The first-order valence-corrected chi connectivity index (χ1v) is 9.56. The molecule has 2 rings (SSSR count). The SMILES string of the molecule is CCO[C@@H](Cc1ccc(OC/C=C\C#Cc2cc(F)cc(F)c2)c(Br)c1)C(=O)O. The number of rotatable bonds is 8. The summed E-state index contributed by atoms with van der Waals surface area (Å²) in [6, 6.07) is 8.39. The lowest BCUT2D eigenvalue weighted by atomic mass is 10.1. The number of hydrogen-bond donors (Lipinski definition) is 1. The molecule has 0 saturated carbocycles. The maximum Gasteiger partial charge on any atom is 0.333 e. The quantitative estimate of drug-likeness (QED) is 0.572. The summed E-state index contributed by atoms with van der Waals surface area (Å²) in [7, 11) is 0. The molecule has 0 saturated heterocycles. The van der Waals surface area contributed by atoms with E-state index in [0.29, 0.717) is 16.8 Å². The van der Waals surface area contributed by atoms with E-state index in [9.17, 15) is 13.6 Å². The van der Waals surface area contributed by atoms with Gasteiger partial charge in [-0.05, 0) is 64.8 Å². The first kappa shape index (κ1) is 22.6. The zero-order chi connectivity index (χ0) is 21.2. The molecular weight excluding hydrogens is 446 g/mol. The molecule has 0 bridgehead atoms. The van der Waals surface area contributed by atoms with E-state index in [1.165, 1.54) is 6.08 Å². The Bertz CT molecular complexity index is 927. The maximum atomic E-state index is 13.1. The van der Waals surface area contributed by atoms with Crippen molar-refractivity contribution < 1.29 is 28.2 Å². The molecule has 0 unspecified atom stereocenters. The van der Waals surface area contributed by atoms with Crippen molar-refractivity contribution in [2.24, 2.45) is 0 Å². The van der Waals surface area contributed by atoms with Gasteiger partial charge < -0.3 is 14.6 Å². The van der Waals surface area contributed by atoms with Crippen molar-refractivity contribution in [1.29, 1.82) is 0 Å². The number of halogens is 3. The molecule has 0 aliphatic heterocycles. The molecule has 29 heavy (non-hydrogen) atoms. The lowest BCUT2D eigenvalue weighted by molar-refractivity contribution is -0.149. The molecule has 152 valence electrons. The van der Waals surface area contributed by atoms with E-state index in [1.807, 2.05) is 0 Å². The van der Waals surface area contributed by atoms with Crippen LogP contribution < -0.4 is 4.74 Å². The Morgan fingerprint density at radius 2 is 1.97 bits per heavy atom. The van der Waals surface area contributed by atoms with Crippen LogP contribution in [0.1, 0.15) is 18.1 Å². The van der Waals surface area contributed by atoms with Gasteiger partial charge in [-0.15, -0.1) is 0 Å². The standard InChI is InChI=1S/C22H19BrF2O4/c1-2-28-21(22(26)27)13-16-7-8-20(19(23)12-16)29-9-5-3-4-6-15-10-17(24)14-18(25)11-15/h3,5,7-8,10-12,14,21H,2,9,13H2,1H3,(H,26,27)/b5-3-/t21-/m0/s1. The highest BCUT2D eigenvalue weighted by molar-refractivity contribution is 9.10. The molecule has 0 amide bonds. The molecule has 7 heteroatoms. The van der Waals surface area contributed by atoms with Crippen molar-refractivity contribution in [3.05, 3.63) is 75.8 Å². The number of ether oxygens (including phenoxy) is 2. The van der Waals surface area contributed by atoms with E-state index in [0.717, 1.165) is 23.8 Å². The molecule has 2 aromatic rings. The average Bonchev–Trinajstić information content (AvgIpc) is 2.64. The number of aliphatic carboxylic acids is 1. The molecule has 0 spiro atoms. The molecule has 0 heterocycles. The zero-order valence-electron chi connectivity index (χ0n) is 15.6. The predicted octanol–water partition coefficient (Wildman–Crippen LogP) is 4.75. The van der Waals surface area contributed by atoms with Crippen LogP contribution in [0.3, 0.4) is 0 Å². The summed E-state index contributed by atoms with van der Waals surface area (Å²) in [6.07, 6.45) is 2.55. The molecule has 0 aliphatic carbocycles. The lowest BCUT2D eigenvalue weighted by Crippen LogP contribution is -2.26. The monoisotopic (exact) mass is 464 g/mol. The van der Waals surface area contributed by atoms with Crippen molar-refractivity contribution in [3.8, 4) is 17.6 Å². The predicted molar refractivity (Wildman–Crippen MR) is 109 cm³/mol. The van der Waals surface area contributed by atoms with E-state index in [2.05, 4.69) is 27.8 Å². The summed E-state index contributed by atoms with van der Waals surface area (Å²) >= 11 is 3.40. The Labute approximate surface area is 176 Å². The minimum absolute atomic E-state index is 0.237. The van der Waals surface area contributed by atoms with Gasteiger partial charge in [0.15, 0.2) is 6.10 Å². The third-order valence-electron chi connectivity index (χ3n) is 3.68. The first-order valence-electron chi connectivity index (χ1n) is 8.77. The Morgan fingerprint density at radius 1 is 1.24 bits per heavy atom. The van der Waals surface area contributed by atoms with Crippen molar-refractivity contribution >= 4 is 21.9 Å². The maximum absolute atomic E-state index is 13.1. The topological polar surface area (TPSA) is 55.8 Å². The van der Waals surface area contributed by atoms with E-state index in [4.69, 9.17) is 14.6 Å². The molecule has 4 nitrogen and oxygen atoms in total. The van der Waals surface area contributed by atoms with Crippen LogP contribution in [-0.4, -0.2) is 30.4 Å². The van der Waals surface area contributed by atoms with Gasteiger partial charge in [0.25, 0.3) is 0 Å². The zero-order valence-corrected chi connectivity index (χ0v) is 17.2. The average molecular weight is 465 g/mol. The van der Waals surface area contributed by atoms with Crippen molar-refractivity contribution in [3.63, 3.8) is 0 Å². The molecular formula is C22H19BrF2O4. The third kappa shape index (κ3) is 7.68. The minimum Gasteiger partial charge on any atom is -0.488 e. The van der Waals surface area contributed by atoms with E-state index in [1.54, 1.807) is 31.2 Å². The van der Waals surface area contributed by atoms with Gasteiger partial charge in [0.05, 0.1) is 4.47 Å². The molecule has 1 atom stereocenters. The van der Waals surface area contributed by atoms with E-state index in [-0.39, 0.29) is 18.6 Å².